The van der Waals surface area contributed by atoms with Gasteiger partial charge in [0.1, 0.15) is 11.5 Å². The molecule has 1 aliphatic heterocycles. The lowest BCUT2D eigenvalue weighted by molar-refractivity contribution is -0.274. The fraction of sp³-hybridized carbons (Fsp3) is 0.310. The van der Waals surface area contributed by atoms with Crippen LogP contribution >= 0.6 is 0 Å². The molecule has 7 nitrogen and oxygen atoms in total. The molecule has 1 amide bonds. The van der Waals surface area contributed by atoms with Crippen LogP contribution in [0.2, 0.25) is 0 Å². The minimum absolute atomic E-state index is 0.0119. The summed E-state index contributed by atoms with van der Waals surface area (Å²) in [4.78, 5) is 27.5. The fourth-order valence-electron chi connectivity index (χ4n) is 4.79. The number of nitrogens with zero attached hydrogens (tertiary/aromatic N) is 1. The minimum Gasteiger partial charge on any atom is -0.405 e. The average Bonchev–Trinajstić information content (AvgIpc) is 2.85. The number of hydrogen-bond acceptors (Lipinski definition) is 5. The Morgan fingerprint density at radius 1 is 1.05 bits per heavy atom. The Hall–Kier alpha value is -3.86. The average molecular weight is 575 g/mol. The Bertz CT molecular complexity index is 1500. The molecule has 1 aliphatic rings. The van der Waals surface area contributed by atoms with Crippen LogP contribution in [-0.2, 0) is 26.0 Å². The lowest BCUT2D eigenvalue weighted by Gasteiger charge is -2.32. The zero-order valence-electron chi connectivity index (χ0n) is 22.0. The van der Waals surface area contributed by atoms with Gasteiger partial charge in [-0.15, -0.1) is 13.2 Å². The lowest BCUT2D eigenvalue weighted by Crippen LogP contribution is -2.42. The highest BCUT2D eigenvalue weighted by molar-refractivity contribution is 7.92. The van der Waals surface area contributed by atoms with Gasteiger partial charge in [-0.3, -0.25) is 14.3 Å². The molecule has 1 fully saturated rings. The smallest absolute Gasteiger partial charge is 0.405 e. The summed E-state index contributed by atoms with van der Waals surface area (Å²) >= 11 is 0. The molecular weight excluding hydrogens is 545 g/mol. The van der Waals surface area contributed by atoms with Crippen molar-refractivity contribution in [1.29, 1.82) is 0 Å². The molecule has 0 radical (unpaired) electrons. The highest BCUT2D eigenvalue weighted by atomic mass is 32.2. The number of carbonyl (C=O) groups is 2. The molecule has 0 spiro atoms. The minimum atomic E-state index is -5.04. The van der Waals surface area contributed by atoms with Crippen LogP contribution < -0.4 is 14.4 Å². The van der Waals surface area contributed by atoms with Crippen LogP contribution in [0.4, 0.5) is 24.5 Å². The molecule has 3 aromatic carbocycles. The first-order chi connectivity index (χ1) is 18.8. The number of sulfonamides is 1. The highest BCUT2D eigenvalue weighted by Crippen LogP contribution is 2.41. The number of benzene rings is 3. The highest BCUT2D eigenvalue weighted by Gasteiger charge is 2.35. The van der Waals surface area contributed by atoms with Gasteiger partial charge in [-0.1, -0.05) is 48.0 Å². The van der Waals surface area contributed by atoms with E-state index < -0.39 is 28.1 Å². The van der Waals surface area contributed by atoms with Crippen molar-refractivity contribution in [2.75, 3.05) is 22.4 Å². The molecule has 212 valence electrons. The number of aryl methyl sites for hydroxylation is 1. The SMILES string of the molecule is Cc1ccc(CC(=O)C[C@@H]2CCCN(c3ccc(-c4ccccc4NS(C)(=O)=O)c(OC(F)(F)F)c3)C2=O)cc1. The van der Waals surface area contributed by atoms with Crippen LogP contribution in [0, 0.1) is 12.8 Å². The zero-order chi connectivity index (χ0) is 29.1. The number of anilines is 2. The van der Waals surface area contributed by atoms with Crippen LogP contribution in [0.25, 0.3) is 11.1 Å². The molecule has 0 unspecified atom stereocenters. The second kappa shape index (κ2) is 11.7. The number of carbonyl (C=O) groups excluding carboxylic acids is 2. The van der Waals surface area contributed by atoms with Gasteiger partial charge in [0.15, 0.2) is 0 Å². The largest absolute Gasteiger partial charge is 0.573 e. The van der Waals surface area contributed by atoms with E-state index in [-0.39, 0.29) is 53.6 Å². The van der Waals surface area contributed by atoms with Crippen LogP contribution in [0.3, 0.4) is 0 Å². The summed E-state index contributed by atoms with van der Waals surface area (Å²) in [5.41, 5.74) is 2.35. The van der Waals surface area contributed by atoms with E-state index in [1.54, 1.807) is 12.1 Å². The summed E-state index contributed by atoms with van der Waals surface area (Å²) in [5.74, 6) is -1.60. The molecule has 1 saturated heterocycles. The summed E-state index contributed by atoms with van der Waals surface area (Å²) in [6.07, 6.45) is -2.79. The summed E-state index contributed by atoms with van der Waals surface area (Å²) < 4.78 is 70.5. The molecule has 11 heteroatoms. The maximum Gasteiger partial charge on any atom is 0.573 e. The molecule has 3 aromatic rings. The molecule has 1 heterocycles. The first-order valence-electron chi connectivity index (χ1n) is 12.6. The number of piperidine rings is 1. The topological polar surface area (TPSA) is 92.8 Å². The van der Waals surface area contributed by atoms with Gasteiger partial charge in [0.25, 0.3) is 0 Å². The Morgan fingerprint density at radius 3 is 2.42 bits per heavy atom. The first-order valence-corrected chi connectivity index (χ1v) is 14.5. The van der Waals surface area contributed by atoms with E-state index in [1.165, 1.54) is 29.2 Å². The predicted molar refractivity (Wildman–Crippen MR) is 147 cm³/mol. The van der Waals surface area contributed by atoms with E-state index in [0.29, 0.717) is 12.8 Å². The maximum absolute atomic E-state index is 13.4. The van der Waals surface area contributed by atoms with Crippen LogP contribution in [0.1, 0.15) is 30.4 Å². The maximum atomic E-state index is 13.4. The van der Waals surface area contributed by atoms with E-state index in [2.05, 4.69) is 9.46 Å². The number of Topliss-reactive ketones (excluding diaryl/α,β-unsaturated/α-hetero) is 1. The van der Waals surface area contributed by atoms with E-state index in [9.17, 15) is 31.2 Å². The molecule has 0 aliphatic carbocycles. The summed E-state index contributed by atoms with van der Waals surface area (Å²) in [6, 6.07) is 17.5. The lowest BCUT2D eigenvalue weighted by atomic mass is 9.89. The molecule has 0 aromatic heterocycles. The van der Waals surface area contributed by atoms with Crippen molar-refractivity contribution in [3.63, 3.8) is 0 Å². The van der Waals surface area contributed by atoms with Gasteiger partial charge in [-0.05, 0) is 43.5 Å². The first kappa shape index (κ1) is 29.1. The van der Waals surface area contributed by atoms with Crippen molar-refractivity contribution >= 4 is 33.1 Å². The van der Waals surface area contributed by atoms with Crippen LogP contribution in [0.5, 0.6) is 5.75 Å². The number of alkyl halides is 3. The summed E-state index contributed by atoms with van der Waals surface area (Å²) in [6.45, 7) is 2.22. The number of rotatable bonds is 9. The number of ether oxygens (including phenoxy) is 1. The standard InChI is InChI=1S/C29H29F3N2O5S/c1-19-9-11-20(12-10-19)16-23(35)17-21-6-5-15-34(28(21)36)22-13-14-25(27(18-22)39-29(30,31)32)24-7-3-4-8-26(24)33-40(2,37)38/h3-4,7-14,18,21,33H,5-6,15-17H2,1-2H3/t21-/m0/s1. The van der Waals surface area contributed by atoms with Crippen LogP contribution in [0.15, 0.2) is 66.7 Å². The van der Waals surface area contributed by atoms with Gasteiger partial charge in [-0.25, -0.2) is 8.42 Å². The monoisotopic (exact) mass is 574 g/mol. The van der Waals surface area contributed by atoms with E-state index in [1.807, 2.05) is 31.2 Å². The van der Waals surface area contributed by atoms with Gasteiger partial charge in [0, 0.05) is 48.2 Å². The summed E-state index contributed by atoms with van der Waals surface area (Å²) in [5, 5.41) is 0. The number of halogens is 3. The Kier molecular flexibility index (Phi) is 8.53. The van der Waals surface area contributed by atoms with Gasteiger partial charge in [-0.2, -0.15) is 0 Å². The molecule has 0 bridgehead atoms. The third-order valence-corrected chi connectivity index (χ3v) is 7.15. The molecule has 1 atom stereocenters. The number of para-hydroxylation sites is 1. The second-order valence-electron chi connectivity index (χ2n) is 9.88. The van der Waals surface area contributed by atoms with Gasteiger partial charge >= 0.3 is 6.36 Å². The van der Waals surface area contributed by atoms with Gasteiger partial charge in [0.05, 0.1) is 11.9 Å². The number of nitrogens with one attached hydrogen (secondary N) is 1. The predicted octanol–water partition coefficient (Wildman–Crippen LogP) is 5.88. The van der Waals surface area contributed by atoms with Crippen molar-refractivity contribution in [3.8, 4) is 16.9 Å². The molecular formula is C29H29F3N2O5S. The Morgan fingerprint density at radius 2 is 1.75 bits per heavy atom. The Balaban J connectivity index is 1.61. The molecule has 4 rings (SSSR count). The van der Waals surface area contributed by atoms with Crippen molar-refractivity contribution in [3.05, 3.63) is 77.9 Å². The summed E-state index contributed by atoms with van der Waals surface area (Å²) in [7, 11) is -3.72. The number of amides is 1. The molecule has 1 N–H and O–H groups in total. The van der Waals surface area contributed by atoms with Crippen molar-refractivity contribution in [1.82, 2.24) is 0 Å². The zero-order valence-corrected chi connectivity index (χ0v) is 22.8. The third-order valence-electron chi connectivity index (χ3n) is 6.56. The fourth-order valence-corrected chi connectivity index (χ4v) is 5.37. The second-order valence-corrected chi connectivity index (χ2v) is 11.6. The Labute approximate surface area is 231 Å². The molecule has 0 saturated carbocycles. The van der Waals surface area contributed by atoms with Crippen molar-refractivity contribution in [2.45, 2.75) is 39.0 Å². The van der Waals surface area contributed by atoms with Gasteiger partial charge in [0.2, 0.25) is 15.9 Å². The van der Waals surface area contributed by atoms with E-state index >= 15 is 0 Å². The molecule has 40 heavy (non-hydrogen) atoms. The van der Waals surface area contributed by atoms with Crippen molar-refractivity contribution in [2.24, 2.45) is 5.92 Å². The third kappa shape index (κ3) is 7.62. The number of ketones is 1. The van der Waals surface area contributed by atoms with Crippen molar-refractivity contribution < 1.29 is 35.9 Å². The van der Waals surface area contributed by atoms with Gasteiger partial charge < -0.3 is 9.64 Å². The number of hydrogen-bond donors (Lipinski definition) is 1. The van der Waals surface area contributed by atoms with E-state index in [4.69, 9.17) is 0 Å². The van der Waals surface area contributed by atoms with E-state index in [0.717, 1.165) is 23.4 Å². The van der Waals surface area contributed by atoms with Crippen LogP contribution in [-0.4, -0.2) is 39.3 Å². The normalized spacial score (nSPS) is 16.1. The quantitative estimate of drug-likeness (QED) is 0.345.